The van der Waals surface area contributed by atoms with Crippen LogP contribution in [0.3, 0.4) is 0 Å². The van der Waals surface area contributed by atoms with Crippen LogP contribution >= 0.6 is 11.6 Å². The molecule has 0 aliphatic carbocycles. The Balaban J connectivity index is 2.50. The quantitative estimate of drug-likeness (QED) is 0.878. The zero-order valence-corrected chi connectivity index (χ0v) is 12.7. The van der Waals surface area contributed by atoms with Gasteiger partial charge in [0.15, 0.2) is 0 Å². The summed E-state index contributed by atoms with van der Waals surface area (Å²) < 4.78 is 35.5. The van der Waals surface area contributed by atoms with Crippen molar-refractivity contribution in [2.75, 3.05) is 12.0 Å². The third-order valence-corrected chi connectivity index (χ3v) is 4.14. The molecule has 0 saturated heterocycles. The van der Waals surface area contributed by atoms with Gasteiger partial charge in [-0.2, -0.15) is 0 Å². The van der Waals surface area contributed by atoms with Gasteiger partial charge in [0.1, 0.15) is 15.7 Å². The van der Waals surface area contributed by atoms with E-state index in [1.807, 2.05) is 0 Å². The molecule has 2 N–H and O–H groups in total. The standard InChI is InChI=1S/C13H19ClFNO2S/c1-9-6-10(7-12(14)13(9)15)4-3-5-11(16)8-19(2,17)18/h6-7,11H,3-5,8,16H2,1-2H3/t11-/m1/s1. The Morgan fingerprint density at radius 2 is 2.05 bits per heavy atom. The fourth-order valence-corrected chi connectivity index (χ4v) is 3.22. The van der Waals surface area contributed by atoms with Crippen molar-refractivity contribution in [3.63, 3.8) is 0 Å². The molecule has 0 fully saturated rings. The summed E-state index contributed by atoms with van der Waals surface area (Å²) in [5.41, 5.74) is 7.20. The van der Waals surface area contributed by atoms with Gasteiger partial charge in [-0.15, -0.1) is 0 Å². The number of benzene rings is 1. The minimum atomic E-state index is -3.03. The van der Waals surface area contributed by atoms with Gasteiger partial charge in [0.25, 0.3) is 0 Å². The molecule has 0 unspecified atom stereocenters. The fraction of sp³-hybridized carbons (Fsp3) is 0.538. The van der Waals surface area contributed by atoms with Gasteiger partial charge in [-0.3, -0.25) is 0 Å². The summed E-state index contributed by atoms with van der Waals surface area (Å²) in [6.45, 7) is 1.67. The summed E-state index contributed by atoms with van der Waals surface area (Å²) in [5.74, 6) is -0.393. The van der Waals surface area contributed by atoms with Crippen molar-refractivity contribution in [3.05, 3.63) is 34.1 Å². The second-order valence-electron chi connectivity index (χ2n) is 4.95. The summed E-state index contributed by atoms with van der Waals surface area (Å²) >= 11 is 5.77. The second kappa shape index (κ2) is 6.68. The second-order valence-corrected chi connectivity index (χ2v) is 7.55. The number of rotatable bonds is 6. The molecule has 1 atom stereocenters. The first-order valence-corrected chi connectivity index (χ1v) is 8.50. The molecule has 0 bridgehead atoms. The molecule has 0 aliphatic rings. The Hall–Kier alpha value is -0.650. The third kappa shape index (κ3) is 5.89. The van der Waals surface area contributed by atoms with Crippen molar-refractivity contribution in [2.45, 2.75) is 32.2 Å². The molecule has 108 valence electrons. The molecule has 19 heavy (non-hydrogen) atoms. The monoisotopic (exact) mass is 307 g/mol. The van der Waals surface area contributed by atoms with Gasteiger partial charge >= 0.3 is 0 Å². The highest BCUT2D eigenvalue weighted by Crippen LogP contribution is 2.21. The molecular formula is C13H19ClFNO2S. The smallest absolute Gasteiger partial charge is 0.148 e. The molecule has 0 aliphatic heterocycles. The maximum absolute atomic E-state index is 13.3. The minimum absolute atomic E-state index is 0.00377. The molecular weight excluding hydrogens is 289 g/mol. The van der Waals surface area contributed by atoms with Crippen LogP contribution in [-0.2, 0) is 16.3 Å². The summed E-state index contributed by atoms with van der Waals surface area (Å²) in [5, 5.41) is 0.121. The van der Waals surface area contributed by atoms with Crippen LogP contribution in [0, 0.1) is 12.7 Å². The summed E-state index contributed by atoms with van der Waals surface area (Å²) in [6.07, 6.45) is 3.24. The first-order chi connectivity index (χ1) is 8.69. The Kier molecular flexibility index (Phi) is 5.77. The van der Waals surface area contributed by atoms with E-state index >= 15 is 0 Å². The first kappa shape index (κ1) is 16.4. The number of sulfone groups is 1. The zero-order valence-electron chi connectivity index (χ0n) is 11.1. The zero-order chi connectivity index (χ0) is 14.6. The molecule has 0 aromatic heterocycles. The van der Waals surface area contributed by atoms with E-state index in [0.29, 0.717) is 18.4 Å². The maximum atomic E-state index is 13.3. The lowest BCUT2D eigenvalue weighted by molar-refractivity contribution is 0.576. The van der Waals surface area contributed by atoms with Crippen LogP contribution in [0.4, 0.5) is 4.39 Å². The van der Waals surface area contributed by atoms with Crippen LogP contribution in [0.1, 0.15) is 24.0 Å². The number of nitrogens with two attached hydrogens (primary N) is 1. The molecule has 3 nitrogen and oxygen atoms in total. The van der Waals surface area contributed by atoms with E-state index in [4.69, 9.17) is 17.3 Å². The largest absolute Gasteiger partial charge is 0.327 e. The average molecular weight is 308 g/mol. The van der Waals surface area contributed by atoms with E-state index in [0.717, 1.165) is 12.0 Å². The molecule has 1 aromatic rings. The van der Waals surface area contributed by atoms with Crippen molar-refractivity contribution in [3.8, 4) is 0 Å². The molecule has 0 heterocycles. The highest BCUT2D eigenvalue weighted by atomic mass is 35.5. The van der Waals surface area contributed by atoms with E-state index in [9.17, 15) is 12.8 Å². The molecule has 0 radical (unpaired) electrons. The summed E-state index contributed by atoms with van der Waals surface area (Å²) in [6, 6.07) is 3.00. The molecule has 0 amide bonds. The van der Waals surface area contributed by atoms with Gasteiger partial charge in [0, 0.05) is 12.3 Å². The number of hydrogen-bond acceptors (Lipinski definition) is 3. The molecule has 6 heteroatoms. The fourth-order valence-electron chi connectivity index (χ4n) is 1.98. The van der Waals surface area contributed by atoms with Gasteiger partial charge in [0.2, 0.25) is 0 Å². The highest BCUT2D eigenvalue weighted by Gasteiger charge is 2.11. The third-order valence-electron chi connectivity index (χ3n) is 2.83. The van der Waals surface area contributed by atoms with Crippen LogP contribution in [-0.4, -0.2) is 26.5 Å². The predicted octanol–water partition coefficient (Wildman–Crippen LogP) is 2.48. The Bertz CT molecular complexity index is 523. The SMILES string of the molecule is Cc1cc(CCC[C@@H](N)CS(C)(=O)=O)cc(Cl)c1F. The highest BCUT2D eigenvalue weighted by molar-refractivity contribution is 7.90. The van der Waals surface area contributed by atoms with Crippen molar-refractivity contribution in [1.29, 1.82) is 0 Å². The van der Waals surface area contributed by atoms with Gasteiger partial charge in [-0.1, -0.05) is 17.7 Å². The van der Waals surface area contributed by atoms with Crippen LogP contribution in [0.15, 0.2) is 12.1 Å². The van der Waals surface area contributed by atoms with Crippen molar-refractivity contribution < 1.29 is 12.8 Å². The van der Waals surface area contributed by atoms with Crippen molar-refractivity contribution in [1.82, 2.24) is 0 Å². The number of halogens is 2. The summed E-state index contributed by atoms with van der Waals surface area (Å²) in [7, 11) is -3.03. The van der Waals surface area contributed by atoms with E-state index in [1.165, 1.54) is 6.26 Å². The lowest BCUT2D eigenvalue weighted by atomic mass is 10.0. The predicted molar refractivity (Wildman–Crippen MR) is 76.8 cm³/mol. The van der Waals surface area contributed by atoms with Crippen molar-refractivity contribution >= 4 is 21.4 Å². The van der Waals surface area contributed by atoms with Crippen LogP contribution in [0.25, 0.3) is 0 Å². The average Bonchev–Trinajstić information content (AvgIpc) is 2.23. The van der Waals surface area contributed by atoms with Crippen molar-refractivity contribution in [2.24, 2.45) is 5.73 Å². The normalized spacial score (nSPS) is 13.5. The van der Waals surface area contributed by atoms with E-state index in [2.05, 4.69) is 0 Å². The Morgan fingerprint density at radius 3 is 2.58 bits per heavy atom. The number of hydrogen-bond donors (Lipinski definition) is 1. The summed E-state index contributed by atoms with van der Waals surface area (Å²) in [4.78, 5) is 0. The van der Waals surface area contributed by atoms with Gasteiger partial charge < -0.3 is 5.73 Å². The Labute approximate surface area is 118 Å². The topological polar surface area (TPSA) is 60.2 Å². The molecule has 0 saturated carbocycles. The van der Waals surface area contributed by atoms with E-state index < -0.39 is 9.84 Å². The number of aryl methyl sites for hydroxylation is 2. The maximum Gasteiger partial charge on any atom is 0.148 e. The first-order valence-electron chi connectivity index (χ1n) is 6.07. The molecule has 1 rings (SSSR count). The van der Waals surface area contributed by atoms with E-state index in [-0.39, 0.29) is 22.6 Å². The lowest BCUT2D eigenvalue weighted by Gasteiger charge is -2.10. The Morgan fingerprint density at radius 1 is 1.42 bits per heavy atom. The van der Waals surface area contributed by atoms with Crippen LogP contribution in [0.2, 0.25) is 5.02 Å². The van der Waals surface area contributed by atoms with Crippen LogP contribution < -0.4 is 5.73 Å². The van der Waals surface area contributed by atoms with Gasteiger partial charge in [0.05, 0.1) is 10.8 Å². The molecule has 1 aromatic carbocycles. The van der Waals surface area contributed by atoms with E-state index in [1.54, 1.807) is 19.1 Å². The molecule has 0 spiro atoms. The van der Waals surface area contributed by atoms with Crippen LogP contribution in [0.5, 0.6) is 0 Å². The lowest BCUT2D eigenvalue weighted by Crippen LogP contribution is -2.29. The van der Waals surface area contributed by atoms with Gasteiger partial charge in [-0.25, -0.2) is 12.8 Å². The minimum Gasteiger partial charge on any atom is -0.327 e. The van der Waals surface area contributed by atoms with Gasteiger partial charge in [-0.05, 0) is 43.4 Å².